The number of imidazole rings is 2. The molecule has 0 bridgehead atoms. The van der Waals surface area contributed by atoms with Crippen LogP contribution in [0.3, 0.4) is 0 Å². The van der Waals surface area contributed by atoms with Crippen LogP contribution in [0, 0.1) is 0 Å². The summed E-state index contributed by atoms with van der Waals surface area (Å²) in [5.41, 5.74) is 4.70. The summed E-state index contributed by atoms with van der Waals surface area (Å²) in [6, 6.07) is 15.4. The van der Waals surface area contributed by atoms with Crippen molar-refractivity contribution < 1.29 is 4.79 Å². The van der Waals surface area contributed by atoms with Crippen molar-refractivity contribution in [1.29, 1.82) is 0 Å². The van der Waals surface area contributed by atoms with Gasteiger partial charge in [0.25, 0.3) is 5.91 Å². The molecule has 0 aliphatic carbocycles. The minimum atomic E-state index is 0.0570. The van der Waals surface area contributed by atoms with E-state index in [-0.39, 0.29) is 5.91 Å². The van der Waals surface area contributed by atoms with Gasteiger partial charge in [0.2, 0.25) is 0 Å². The smallest absolute Gasteiger partial charge is 0.253 e. The second-order valence-electron chi connectivity index (χ2n) is 8.72. The zero-order valence-corrected chi connectivity index (χ0v) is 19.3. The number of H-pyrrole nitrogens is 2. The molecule has 2 aromatic carbocycles. The fraction of sp³-hybridized carbons (Fsp3) is 0.240. The molecule has 35 heavy (non-hydrogen) atoms. The lowest BCUT2D eigenvalue weighted by molar-refractivity contribution is 0.0664. The summed E-state index contributed by atoms with van der Waals surface area (Å²) >= 11 is 0. The lowest BCUT2D eigenvalue weighted by Gasteiger charge is -2.32. The first kappa shape index (κ1) is 21.2. The molecule has 0 spiro atoms. The van der Waals surface area contributed by atoms with E-state index in [9.17, 15) is 4.79 Å². The van der Waals surface area contributed by atoms with Crippen molar-refractivity contribution in [2.24, 2.45) is 0 Å². The highest BCUT2D eigenvalue weighted by atomic mass is 16.2. The Hall–Kier alpha value is -4.31. The number of para-hydroxylation sites is 2. The van der Waals surface area contributed by atoms with Crippen molar-refractivity contribution in [2.45, 2.75) is 6.54 Å². The van der Waals surface area contributed by atoms with Crippen molar-refractivity contribution in [3.8, 4) is 11.4 Å². The molecule has 176 valence electrons. The molecular weight excluding hydrogens is 442 g/mol. The number of benzene rings is 2. The van der Waals surface area contributed by atoms with E-state index in [0.717, 1.165) is 54.1 Å². The van der Waals surface area contributed by atoms with Crippen LogP contribution in [0.15, 0.2) is 54.9 Å². The Morgan fingerprint density at radius 1 is 1.00 bits per heavy atom. The molecular formula is C25H25N9O. The predicted octanol–water partition coefficient (Wildman–Crippen LogP) is 2.90. The summed E-state index contributed by atoms with van der Waals surface area (Å²) in [5.74, 6) is 2.04. The van der Waals surface area contributed by atoms with Gasteiger partial charge < -0.3 is 25.1 Å². The zero-order valence-electron chi connectivity index (χ0n) is 19.3. The van der Waals surface area contributed by atoms with Crippen LogP contribution in [-0.4, -0.2) is 78.8 Å². The Balaban J connectivity index is 1.24. The van der Waals surface area contributed by atoms with Gasteiger partial charge in [0.1, 0.15) is 11.3 Å². The molecule has 10 heteroatoms. The standard InChI is InChI=1S/C25H25N9O/c1-33-10-12-34(13-11-33)25(35)17-8-6-16(7-9-17)22-31-23(21-24(32-22)28-15-27-21)26-14-20-29-18-4-2-3-5-19(18)30-20/h2-9,15H,10-14H2,1H3,(H,29,30)(H2,26,27,28,31,32). The van der Waals surface area contributed by atoms with Crippen molar-refractivity contribution >= 4 is 33.9 Å². The highest BCUT2D eigenvalue weighted by Crippen LogP contribution is 2.24. The number of hydrogen-bond donors (Lipinski definition) is 3. The lowest BCUT2D eigenvalue weighted by Crippen LogP contribution is -2.47. The topological polar surface area (TPSA) is 119 Å². The Bertz CT molecular complexity index is 1460. The predicted molar refractivity (Wildman–Crippen MR) is 134 cm³/mol. The summed E-state index contributed by atoms with van der Waals surface area (Å²) in [4.78, 5) is 41.8. The molecule has 1 saturated heterocycles. The van der Waals surface area contributed by atoms with E-state index in [1.54, 1.807) is 6.33 Å². The number of carbonyl (C=O) groups is 1. The molecule has 1 aliphatic heterocycles. The van der Waals surface area contributed by atoms with Crippen LogP contribution >= 0.6 is 0 Å². The molecule has 10 nitrogen and oxygen atoms in total. The second-order valence-corrected chi connectivity index (χ2v) is 8.72. The summed E-state index contributed by atoms with van der Waals surface area (Å²) in [6.07, 6.45) is 1.60. The summed E-state index contributed by atoms with van der Waals surface area (Å²) in [5, 5.41) is 3.36. The average molecular weight is 468 g/mol. The number of amides is 1. The third-order valence-electron chi connectivity index (χ3n) is 6.33. The molecule has 0 radical (unpaired) electrons. The van der Waals surface area contributed by atoms with Crippen LogP contribution in [0.25, 0.3) is 33.6 Å². The van der Waals surface area contributed by atoms with Gasteiger partial charge in [-0.15, -0.1) is 0 Å². The highest BCUT2D eigenvalue weighted by molar-refractivity contribution is 5.95. The van der Waals surface area contributed by atoms with Crippen molar-refractivity contribution in [2.75, 3.05) is 38.5 Å². The van der Waals surface area contributed by atoms with Gasteiger partial charge in [-0.05, 0) is 31.3 Å². The minimum Gasteiger partial charge on any atom is -0.361 e. The number of anilines is 1. The van der Waals surface area contributed by atoms with E-state index in [2.05, 4.69) is 42.2 Å². The van der Waals surface area contributed by atoms with Crippen LogP contribution in [0.4, 0.5) is 5.82 Å². The maximum Gasteiger partial charge on any atom is 0.253 e. The highest BCUT2D eigenvalue weighted by Gasteiger charge is 2.20. The second kappa shape index (κ2) is 8.80. The maximum absolute atomic E-state index is 12.9. The van der Waals surface area contributed by atoms with Crippen LogP contribution in [0.1, 0.15) is 16.2 Å². The van der Waals surface area contributed by atoms with E-state index >= 15 is 0 Å². The average Bonchev–Trinajstić information content (AvgIpc) is 3.54. The Morgan fingerprint density at radius 3 is 2.60 bits per heavy atom. The summed E-state index contributed by atoms with van der Waals surface area (Å²) < 4.78 is 0. The van der Waals surface area contributed by atoms with Gasteiger partial charge in [0.05, 0.1) is 23.9 Å². The summed E-state index contributed by atoms with van der Waals surface area (Å²) in [7, 11) is 2.08. The van der Waals surface area contributed by atoms with E-state index in [1.807, 2.05) is 53.4 Å². The fourth-order valence-corrected chi connectivity index (χ4v) is 4.30. The van der Waals surface area contributed by atoms with Gasteiger partial charge >= 0.3 is 0 Å². The third kappa shape index (κ3) is 4.19. The molecule has 0 saturated carbocycles. The van der Waals surface area contributed by atoms with E-state index in [0.29, 0.717) is 29.4 Å². The molecule has 1 aliphatic rings. The molecule has 0 unspecified atom stereocenters. The van der Waals surface area contributed by atoms with Crippen molar-refractivity contribution in [3.05, 3.63) is 66.2 Å². The molecule has 3 N–H and O–H groups in total. The molecule has 4 heterocycles. The molecule has 6 rings (SSSR count). The zero-order chi connectivity index (χ0) is 23.8. The Kier molecular flexibility index (Phi) is 5.34. The number of rotatable bonds is 5. The van der Waals surface area contributed by atoms with Gasteiger partial charge in [-0.3, -0.25) is 4.79 Å². The van der Waals surface area contributed by atoms with E-state index in [1.165, 1.54) is 0 Å². The number of aromatic nitrogens is 6. The number of carbonyl (C=O) groups excluding carboxylic acids is 1. The van der Waals surface area contributed by atoms with Crippen LogP contribution < -0.4 is 5.32 Å². The SMILES string of the molecule is CN1CCN(C(=O)c2ccc(-c3nc(NCc4nc5ccccc5[nH]4)c4[nH]cnc4n3)cc2)CC1. The molecule has 0 atom stereocenters. The number of hydrogen-bond acceptors (Lipinski definition) is 7. The fourth-order valence-electron chi connectivity index (χ4n) is 4.30. The van der Waals surface area contributed by atoms with Crippen LogP contribution in [0.2, 0.25) is 0 Å². The minimum absolute atomic E-state index is 0.0570. The first-order chi connectivity index (χ1) is 17.1. The largest absolute Gasteiger partial charge is 0.361 e. The van der Waals surface area contributed by atoms with Gasteiger partial charge in [0.15, 0.2) is 17.3 Å². The lowest BCUT2D eigenvalue weighted by atomic mass is 10.1. The van der Waals surface area contributed by atoms with Crippen molar-refractivity contribution in [1.82, 2.24) is 39.7 Å². The van der Waals surface area contributed by atoms with E-state index < -0.39 is 0 Å². The molecule has 3 aromatic heterocycles. The monoisotopic (exact) mass is 467 g/mol. The maximum atomic E-state index is 12.9. The first-order valence-corrected chi connectivity index (χ1v) is 11.6. The summed E-state index contributed by atoms with van der Waals surface area (Å²) in [6.45, 7) is 3.75. The van der Waals surface area contributed by atoms with Crippen LogP contribution in [0.5, 0.6) is 0 Å². The van der Waals surface area contributed by atoms with Crippen LogP contribution in [-0.2, 0) is 6.54 Å². The first-order valence-electron chi connectivity index (χ1n) is 11.6. The number of piperazine rings is 1. The normalized spacial score (nSPS) is 14.6. The molecule has 1 fully saturated rings. The van der Waals surface area contributed by atoms with Gasteiger partial charge in [-0.2, -0.15) is 0 Å². The quantitative estimate of drug-likeness (QED) is 0.364. The number of fused-ring (bicyclic) bond motifs is 2. The number of aromatic amines is 2. The number of nitrogens with zero attached hydrogens (tertiary/aromatic N) is 6. The number of nitrogens with one attached hydrogen (secondary N) is 3. The Morgan fingerprint density at radius 2 is 1.80 bits per heavy atom. The van der Waals surface area contributed by atoms with Crippen molar-refractivity contribution in [3.63, 3.8) is 0 Å². The van der Waals surface area contributed by atoms with Gasteiger partial charge in [-0.1, -0.05) is 24.3 Å². The Labute approximate surface area is 201 Å². The third-order valence-corrected chi connectivity index (χ3v) is 6.33. The molecule has 1 amide bonds. The van der Waals surface area contributed by atoms with Gasteiger partial charge in [-0.25, -0.2) is 19.9 Å². The number of likely N-dealkylation sites (N-methyl/N-ethyl adjacent to an activating group) is 1. The van der Waals surface area contributed by atoms with E-state index in [4.69, 9.17) is 4.98 Å². The molecule has 5 aromatic rings. The van der Waals surface area contributed by atoms with Gasteiger partial charge in [0, 0.05) is 37.3 Å².